The predicted octanol–water partition coefficient (Wildman–Crippen LogP) is 5.52. The second-order valence-electron chi connectivity index (χ2n) is 9.87. The van der Waals surface area contributed by atoms with E-state index in [0.29, 0.717) is 33.5 Å². The molecular formula is C31H22N6O7S. The number of imidazole rings is 1. The number of nitro groups is 1. The van der Waals surface area contributed by atoms with E-state index in [1.54, 1.807) is 60.7 Å². The highest BCUT2D eigenvalue weighted by molar-refractivity contribution is 7.90. The van der Waals surface area contributed by atoms with Gasteiger partial charge in [0.05, 0.1) is 32.1 Å². The van der Waals surface area contributed by atoms with Crippen LogP contribution in [0.3, 0.4) is 0 Å². The number of aromatic nitrogens is 4. The van der Waals surface area contributed by atoms with Crippen LogP contribution in [0.25, 0.3) is 33.4 Å². The molecule has 1 amide bonds. The largest absolute Gasteiger partial charge is 0.417 e. The summed E-state index contributed by atoms with van der Waals surface area (Å²) in [5.41, 5.74) is 3.01. The number of carbonyl (C=O) groups is 1. The van der Waals surface area contributed by atoms with Gasteiger partial charge in [0.1, 0.15) is 12.1 Å². The van der Waals surface area contributed by atoms with Crippen molar-refractivity contribution < 1.29 is 22.9 Å². The molecule has 0 unspecified atom stereocenters. The Kier molecular flexibility index (Phi) is 7.40. The van der Waals surface area contributed by atoms with Crippen molar-refractivity contribution in [3.63, 3.8) is 0 Å². The monoisotopic (exact) mass is 622 g/mol. The van der Waals surface area contributed by atoms with E-state index in [1.165, 1.54) is 42.7 Å². The number of fused-ring (bicyclic) bond motifs is 1. The Labute approximate surface area is 255 Å². The molecule has 0 aliphatic heterocycles. The average Bonchev–Trinajstić information content (AvgIpc) is 3.48. The highest BCUT2D eigenvalue weighted by atomic mass is 32.2. The Morgan fingerprint density at radius 1 is 0.956 bits per heavy atom. The summed E-state index contributed by atoms with van der Waals surface area (Å²) in [4.78, 5) is 39.9. The van der Waals surface area contributed by atoms with E-state index in [9.17, 15) is 28.1 Å². The Bertz CT molecular complexity index is 2240. The van der Waals surface area contributed by atoms with Crippen molar-refractivity contribution >= 4 is 38.5 Å². The molecule has 13 nitrogen and oxygen atoms in total. The van der Waals surface area contributed by atoms with Gasteiger partial charge in [-0.1, -0.05) is 42.0 Å². The van der Waals surface area contributed by atoms with E-state index in [0.717, 1.165) is 9.54 Å². The third kappa shape index (κ3) is 5.77. The van der Waals surface area contributed by atoms with E-state index < -0.39 is 26.6 Å². The number of H-pyrrole nitrogens is 1. The lowest BCUT2D eigenvalue weighted by Crippen LogP contribution is -2.16. The molecule has 0 atom stereocenters. The molecule has 224 valence electrons. The number of nitrogens with zero attached hydrogens (tertiary/aromatic N) is 4. The van der Waals surface area contributed by atoms with Crippen molar-refractivity contribution in [1.29, 1.82) is 0 Å². The molecule has 6 aromatic rings. The number of rotatable bonds is 7. The van der Waals surface area contributed by atoms with E-state index in [2.05, 4.69) is 20.5 Å². The van der Waals surface area contributed by atoms with Crippen LogP contribution in [0.15, 0.2) is 113 Å². The molecule has 45 heavy (non-hydrogen) atoms. The maximum Gasteiger partial charge on any atom is 0.417 e. The molecule has 0 fully saturated rings. The first-order valence-corrected chi connectivity index (χ1v) is 14.8. The van der Waals surface area contributed by atoms with Crippen LogP contribution in [0.1, 0.15) is 5.56 Å². The second kappa shape index (κ2) is 11.5. The van der Waals surface area contributed by atoms with Gasteiger partial charge in [-0.25, -0.2) is 27.3 Å². The van der Waals surface area contributed by atoms with Crippen LogP contribution >= 0.6 is 0 Å². The minimum absolute atomic E-state index is 0.111. The number of anilines is 1. The van der Waals surface area contributed by atoms with Gasteiger partial charge in [0.15, 0.2) is 0 Å². The van der Waals surface area contributed by atoms with Gasteiger partial charge in [-0.05, 0) is 55.5 Å². The zero-order valence-corrected chi connectivity index (χ0v) is 24.2. The Morgan fingerprint density at radius 2 is 1.67 bits per heavy atom. The summed E-state index contributed by atoms with van der Waals surface area (Å²) in [6.07, 6.45) is 0.427. The quantitative estimate of drug-likeness (QED) is 0.171. The molecule has 0 bridgehead atoms. The number of carbonyl (C=O) groups excluding carboxylic acids is 1. The number of benzene rings is 4. The average molecular weight is 623 g/mol. The van der Waals surface area contributed by atoms with Gasteiger partial charge < -0.3 is 4.74 Å². The Balaban J connectivity index is 1.25. The van der Waals surface area contributed by atoms with Gasteiger partial charge >= 0.3 is 6.09 Å². The maximum absolute atomic E-state index is 13.4. The number of nitro benzene ring substituents is 1. The first-order chi connectivity index (χ1) is 21.6. The van der Waals surface area contributed by atoms with Gasteiger partial charge in [-0.3, -0.25) is 20.2 Å². The lowest BCUT2D eigenvalue weighted by molar-refractivity contribution is -0.384. The lowest BCUT2D eigenvalue weighted by Gasteiger charge is -2.09. The highest BCUT2D eigenvalue weighted by Crippen LogP contribution is 2.30. The number of amides is 1. The maximum atomic E-state index is 13.4. The number of aryl methyl sites for hydroxylation is 1. The van der Waals surface area contributed by atoms with Gasteiger partial charge in [-0.2, -0.15) is 5.10 Å². The molecule has 2 N–H and O–H groups in total. The number of nitrogens with one attached hydrogen (secondary N) is 2. The summed E-state index contributed by atoms with van der Waals surface area (Å²) in [5, 5.41) is 20.0. The van der Waals surface area contributed by atoms with Crippen LogP contribution in [0.4, 0.5) is 16.2 Å². The number of ether oxygens (including phenoxy) is 1. The van der Waals surface area contributed by atoms with Crippen LogP contribution < -0.4 is 15.6 Å². The summed E-state index contributed by atoms with van der Waals surface area (Å²) in [7, 11) is -3.94. The summed E-state index contributed by atoms with van der Waals surface area (Å²) in [6.45, 7) is 1.86. The SMILES string of the molecule is Cc1ccc(S(=O)(=O)n2cnc3c(-c4cc(-c5ccc(NC(=O)Oc6ccc([N+](=O)[O-])cc6)cc5)n[nH]c4=O)cccc32)cc1. The van der Waals surface area contributed by atoms with E-state index in [1.807, 2.05) is 6.92 Å². The van der Waals surface area contributed by atoms with Gasteiger partial charge in [-0.15, -0.1) is 0 Å². The fraction of sp³-hybridized carbons (Fsp3) is 0.0323. The number of aromatic amines is 1. The minimum atomic E-state index is -3.94. The van der Waals surface area contributed by atoms with Crippen molar-refractivity contribution in [3.05, 3.63) is 129 Å². The number of non-ortho nitro benzene ring substituents is 1. The van der Waals surface area contributed by atoms with Gasteiger partial charge in [0, 0.05) is 28.9 Å². The standard InChI is InChI=1S/C31H22N6O7S/c1-19-5-15-24(16-6-19)45(42,43)36-18-32-29-25(3-2-4-28(29)36)26-17-27(34-35-30(26)38)20-7-9-21(10-8-20)33-31(39)44-23-13-11-22(12-14-23)37(40)41/h2-18H,1H3,(H,33,39)(H,35,38). The van der Waals surface area contributed by atoms with Crippen molar-refractivity contribution in [2.75, 3.05) is 5.32 Å². The first-order valence-electron chi connectivity index (χ1n) is 13.3. The smallest absolute Gasteiger partial charge is 0.410 e. The van der Waals surface area contributed by atoms with Crippen LogP contribution in [0.2, 0.25) is 0 Å². The molecule has 0 radical (unpaired) electrons. The predicted molar refractivity (Wildman–Crippen MR) is 166 cm³/mol. The van der Waals surface area contributed by atoms with E-state index in [4.69, 9.17) is 4.74 Å². The van der Waals surface area contributed by atoms with E-state index in [-0.39, 0.29) is 21.9 Å². The third-order valence-electron chi connectivity index (χ3n) is 6.90. The zero-order valence-electron chi connectivity index (χ0n) is 23.4. The minimum Gasteiger partial charge on any atom is -0.410 e. The molecule has 4 aromatic carbocycles. The molecule has 14 heteroatoms. The Morgan fingerprint density at radius 3 is 2.36 bits per heavy atom. The number of para-hydroxylation sites is 1. The molecule has 0 aliphatic rings. The summed E-state index contributed by atoms with van der Waals surface area (Å²) >= 11 is 0. The Hall–Kier alpha value is -6.15. The second-order valence-corrected chi connectivity index (χ2v) is 11.7. The van der Waals surface area contributed by atoms with Crippen molar-refractivity contribution in [2.24, 2.45) is 0 Å². The van der Waals surface area contributed by atoms with Crippen molar-refractivity contribution in [2.45, 2.75) is 11.8 Å². The van der Waals surface area contributed by atoms with Crippen molar-refractivity contribution in [3.8, 4) is 28.1 Å². The molecule has 0 saturated carbocycles. The molecule has 2 heterocycles. The van der Waals surface area contributed by atoms with Crippen LogP contribution in [-0.4, -0.2) is 38.6 Å². The lowest BCUT2D eigenvalue weighted by atomic mass is 10.0. The molecular weight excluding hydrogens is 600 g/mol. The fourth-order valence-electron chi connectivity index (χ4n) is 4.61. The molecule has 0 saturated heterocycles. The van der Waals surface area contributed by atoms with Crippen LogP contribution in [0, 0.1) is 17.0 Å². The van der Waals surface area contributed by atoms with Crippen LogP contribution in [0.5, 0.6) is 5.75 Å². The zero-order chi connectivity index (χ0) is 31.7. The molecule has 2 aromatic heterocycles. The van der Waals surface area contributed by atoms with Crippen molar-refractivity contribution in [1.82, 2.24) is 19.2 Å². The molecule has 0 aliphatic carbocycles. The normalized spacial score (nSPS) is 11.3. The topological polar surface area (TPSA) is 179 Å². The molecule has 0 spiro atoms. The molecule has 6 rings (SSSR count). The summed E-state index contributed by atoms with van der Waals surface area (Å²) in [5.74, 6) is 0.132. The summed E-state index contributed by atoms with van der Waals surface area (Å²) < 4.78 is 33.0. The van der Waals surface area contributed by atoms with Gasteiger partial charge in [0.25, 0.3) is 21.3 Å². The van der Waals surface area contributed by atoms with Gasteiger partial charge in [0.2, 0.25) is 0 Å². The highest BCUT2D eigenvalue weighted by Gasteiger charge is 2.22. The van der Waals surface area contributed by atoms with Crippen LogP contribution in [-0.2, 0) is 10.0 Å². The van der Waals surface area contributed by atoms with E-state index >= 15 is 0 Å². The first kappa shape index (κ1) is 28.9. The fourth-order valence-corrected chi connectivity index (χ4v) is 5.90. The summed E-state index contributed by atoms with van der Waals surface area (Å²) in [6, 6.07) is 24.7. The number of hydrogen-bond donors (Lipinski definition) is 2. The number of hydrogen-bond acceptors (Lipinski definition) is 9. The third-order valence-corrected chi connectivity index (χ3v) is 8.58.